The number of methoxy groups -OCH3 is 1. The van der Waals surface area contributed by atoms with Crippen LogP contribution in [0.1, 0.15) is 12.0 Å². The third-order valence-corrected chi connectivity index (χ3v) is 2.96. The van der Waals surface area contributed by atoms with Crippen LogP contribution >= 0.6 is 0 Å². The Morgan fingerprint density at radius 2 is 1.88 bits per heavy atom. The monoisotopic (exact) mass is 338 g/mol. The Hall–Kier alpha value is -2.45. The number of ether oxygens (including phenoxy) is 3. The molecule has 0 fully saturated rings. The number of hydrogen-bond acceptors (Lipinski definition) is 6. The Bertz CT molecular complexity index is 535. The van der Waals surface area contributed by atoms with Crippen LogP contribution in [0, 0.1) is 0 Å². The van der Waals surface area contributed by atoms with Crippen molar-refractivity contribution in [3.05, 3.63) is 35.9 Å². The summed E-state index contributed by atoms with van der Waals surface area (Å²) in [7, 11) is 1.51. The summed E-state index contributed by atoms with van der Waals surface area (Å²) in [6, 6.07) is 7.94. The second-order valence-electron chi connectivity index (χ2n) is 4.92. The Morgan fingerprint density at radius 1 is 1.17 bits per heavy atom. The van der Waals surface area contributed by atoms with E-state index in [4.69, 9.17) is 19.9 Å². The van der Waals surface area contributed by atoms with E-state index in [1.165, 1.54) is 7.11 Å². The van der Waals surface area contributed by atoms with E-state index in [1.54, 1.807) is 12.1 Å². The minimum absolute atomic E-state index is 0.0826. The van der Waals surface area contributed by atoms with Gasteiger partial charge in [-0.15, -0.1) is 0 Å². The molecule has 3 N–H and O–H groups in total. The smallest absolute Gasteiger partial charge is 0.308 e. The predicted octanol–water partition coefficient (Wildman–Crippen LogP) is -0.247. The largest absolute Gasteiger partial charge is 0.461 e. The lowest BCUT2D eigenvalue weighted by atomic mass is 10.2. The number of primary amides is 1. The number of benzene rings is 1. The van der Waals surface area contributed by atoms with Gasteiger partial charge in [0.05, 0.1) is 19.6 Å². The van der Waals surface area contributed by atoms with Gasteiger partial charge in [-0.05, 0) is 5.56 Å². The molecule has 0 saturated heterocycles. The van der Waals surface area contributed by atoms with Crippen molar-refractivity contribution >= 4 is 17.8 Å². The standard InChI is InChI=1S/C16H22N2O6/c1-22-7-8-23-11-14(19)18-13(16(17)21)9-15(20)24-10-12-5-3-2-4-6-12/h2-6,13H,7-11H2,1H3,(H2,17,21)(H,18,19)/t13-/m0/s1. The lowest BCUT2D eigenvalue weighted by Gasteiger charge is -2.15. The molecular weight excluding hydrogens is 316 g/mol. The van der Waals surface area contributed by atoms with Crippen LogP contribution < -0.4 is 11.1 Å². The van der Waals surface area contributed by atoms with E-state index in [2.05, 4.69) is 5.32 Å². The predicted molar refractivity (Wildman–Crippen MR) is 84.7 cm³/mol. The Balaban J connectivity index is 2.37. The van der Waals surface area contributed by atoms with Gasteiger partial charge in [-0.3, -0.25) is 14.4 Å². The summed E-state index contributed by atoms with van der Waals surface area (Å²) < 4.78 is 14.8. The van der Waals surface area contributed by atoms with Crippen molar-refractivity contribution in [2.45, 2.75) is 19.1 Å². The van der Waals surface area contributed by atoms with E-state index in [-0.39, 0.29) is 26.2 Å². The summed E-state index contributed by atoms with van der Waals surface area (Å²) in [5.41, 5.74) is 6.01. The summed E-state index contributed by atoms with van der Waals surface area (Å²) in [4.78, 5) is 34.8. The number of carbonyl (C=O) groups excluding carboxylic acids is 3. The molecule has 0 aliphatic rings. The molecule has 0 aliphatic heterocycles. The molecule has 132 valence electrons. The number of nitrogens with two attached hydrogens (primary N) is 1. The first-order chi connectivity index (χ1) is 11.5. The SMILES string of the molecule is COCCOCC(=O)N[C@@H](CC(=O)OCc1ccccc1)C(N)=O. The number of nitrogens with one attached hydrogen (secondary N) is 1. The quantitative estimate of drug-likeness (QED) is 0.424. The summed E-state index contributed by atoms with van der Waals surface area (Å²) in [6.45, 7) is 0.411. The van der Waals surface area contributed by atoms with Crippen molar-refractivity contribution in [2.24, 2.45) is 5.73 Å². The fraction of sp³-hybridized carbons (Fsp3) is 0.438. The van der Waals surface area contributed by atoms with Crippen LogP contribution in [0.25, 0.3) is 0 Å². The van der Waals surface area contributed by atoms with Gasteiger partial charge in [-0.1, -0.05) is 30.3 Å². The van der Waals surface area contributed by atoms with E-state index < -0.39 is 23.8 Å². The summed E-state index contributed by atoms with van der Waals surface area (Å²) in [6.07, 6.45) is -0.341. The molecule has 0 spiro atoms. The molecule has 0 radical (unpaired) electrons. The molecule has 0 heterocycles. The van der Waals surface area contributed by atoms with Gasteiger partial charge >= 0.3 is 5.97 Å². The lowest BCUT2D eigenvalue weighted by Crippen LogP contribution is -2.47. The van der Waals surface area contributed by atoms with Crippen molar-refractivity contribution in [3.63, 3.8) is 0 Å². The van der Waals surface area contributed by atoms with Gasteiger partial charge in [-0.25, -0.2) is 0 Å². The first kappa shape index (κ1) is 19.6. The van der Waals surface area contributed by atoms with Gasteiger partial charge in [0.25, 0.3) is 0 Å². The molecule has 0 unspecified atom stereocenters. The zero-order valence-corrected chi connectivity index (χ0v) is 13.5. The minimum atomic E-state index is -1.15. The zero-order chi connectivity index (χ0) is 17.8. The number of esters is 1. The maximum absolute atomic E-state index is 11.8. The van der Waals surface area contributed by atoms with Crippen molar-refractivity contribution in [2.75, 3.05) is 26.9 Å². The average Bonchev–Trinajstić information content (AvgIpc) is 2.57. The second-order valence-corrected chi connectivity index (χ2v) is 4.92. The average molecular weight is 338 g/mol. The number of hydrogen-bond donors (Lipinski definition) is 2. The highest BCUT2D eigenvalue weighted by Crippen LogP contribution is 2.03. The number of rotatable bonds is 11. The third-order valence-electron chi connectivity index (χ3n) is 2.96. The molecule has 2 amide bonds. The van der Waals surface area contributed by atoms with E-state index in [1.807, 2.05) is 18.2 Å². The zero-order valence-electron chi connectivity index (χ0n) is 13.5. The first-order valence-electron chi connectivity index (χ1n) is 7.38. The molecule has 0 aliphatic carbocycles. The van der Waals surface area contributed by atoms with Crippen molar-refractivity contribution < 1.29 is 28.6 Å². The summed E-state index contributed by atoms with van der Waals surface area (Å²) >= 11 is 0. The fourth-order valence-corrected chi connectivity index (χ4v) is 1.73. The molecule has 1 rings (SSSR count). The highest BCUT2D eigenvalue weighted by molar-refractivity contribution is 5.90. The Morgan fingerprint density at radius 3 is 2.50 bits per heavy atom. The van der Waals surface area contributed by atoms with Gasteiger partial charge in [0.2, 0.25) is 11.8 Å². The van der Waals surface area contributed by atoms with E-state index >= 15 is 0 Å². The first-order valence-corrected chi connectivity index (χ1v) is 7.38. The molecule has 1 atom stereocenters. The van der Waals surface area contributed by atoms with Crippen LogP contribution in [0.3, 0.4) is 0 Å². The molecule has 0 saturated carbocycles. The van der Waals surface area contributed by atoms with E-state index in [0.29, 0.717) is 6.61 Å². The van der Waals surface area contributed by atoms with Crippen molar-refractivity contribution in [1.29, 1.82) is 0 Å². The van der Waals surface area contributed by atoms with Gasteiger partial charge < -0.3 is 25.3 Å². The lowest BCUT2D eigenvalue weighted by molar-refractivity contribution is -0.147. The molecular formula is C16H22N2O6. The molecule has 24 heavy (non-hydrogen) atoms. The van der Waals surface area contributed by atoms with Crippen LogP contribution in [0.5, 0.6) is 0 Å². The number of carbonyl (C=O) groups is 3. The highest BCUT2D eigenvalue weighted by Gasteiger charge is 2.22. The van der Waals surface area contributed by atoms with Gasteiger partial charge in [0.1, 0.15) is 19.3 Å². The van der Waals surface area contributed by atoms with E-state index in [9.17, 15) is 14.4 Å². The van der Waals surface area contributed by atoms with Crippen molar-refractivity contribution in [3.8, 4) is 0 Å². The maximum Gasteiger partial charge on any atom is 0.308 e. The topological polar surface area (TPSA) is 117 Å². The van der Waals surface area contributed by atoms with Crippen LogP contribution in [0.4, 0.5) is 0 Å². The number of amides is 2. The molecule has 0 aromatic heterocycles. The van der Waals surface area contributed by atoms with Gasteiger partial charge in [0, 0.05) is 7.11 Å². The Labute approximate surface area is 140 Å². The fourth-order valence-electron chi connectivity index (χ4n) is 1.73. The maximum atomic E-state index is 11.8. The molecule has 1 aromatic carbocycles. The molecule has 1 aromatic rings. The minimum Gasteiger partial charge on any atom is -0.461 e. The molecule has 8 nitrogen and oxygen atoms in total. The van der Waals surface area contributed by atoms with Crippen LogP contribution in [0.15, 0.2) is 30.3 Å². The van der Waals surface area contributed by atoms with Crippen LogP contribution in [-0.4, -0.2) is 50.8 Å². The van der Waals surface area contributed by atoms with Crippen LogP contribution in [-0.2, 0) is 35.2 Å². The molecule has 0 bridgehead atoms. The van der Waals surface area contributed by atoms with Crippen molar-refractivity contribution in [1.82, 2.24) is 5.32 Å². The van der Waals surface area contributed by atoms with E-state index in [0.717, 1.165) is 5.56 Å². The Kier molecular flexibility index (Phi) is 9.10. The highest BCUT2D eigenvalue weighted by atomic mass is 16.5. The van der Waals surface area contributed by atoms with Gasteiger partial charge in [-0.2, -0.15) is 0 Å². The van der Waals surface area contributed by atoms with Crippen LogP contribution in [0.2, 0.25) is 0 Å². The third kappa shape index (κ3) is 8.25. The normalized spacial score (nSPS) is 11.5. The summed E-state index contributed by atoms with van der Waals surface area (Å²) in [5, 5.41) is 2.34. The van der Waals surface area contributed by atoms with Gasteiger partial charge in [0.15, 0.2) is 0 Å². The summed E-state index contributed by atoms with van der Waals surface area (Å²) in [5.74, 6) is -2.01. The second kappa shape index (κ2) is 11.1. The molecule has 8 heteroatoms.